The molecule has 1 aliphatic rings. The molecule has 7 heteroatoms. The molecule has 2 aromatic heterocycles. The quantitative estimate of drug-likeness (QED) is 0.530. The molecule has 1 N–H and O–H groups in total. The van der Waals surface area contributed by atoms with Crippen LogP contribution in [0.1, 0.15) is 55.3 Å². The summed E-state index contributed by atoms with van der Waals surface area (Å²) in [7, 11) is 0. The number of hydrogen-bond acceptors (Lipinski definition) is 5. The Kier molecular flexibility index (Phi) is 8.71. The van der Waals surface area contributed by atoms with E-state index in [0.717, 1.165) is 37.2 Å². The summed E-state index contributed by atoms with van der Waals surface area (Å²) in [5, 5.41) is 8.18. The third kappa shape index (κ3) is 7.63. The van der Waals surface area contributed by atoms with Gasteiger partial charge in [-0.2, -0.15) is 0 Å². The lowest BCUT2D eigenvalue weighted by Crippen LogP contribution is -2.23. The number of hydrogen-bond donors (Lipinski definition) is 1. The SMILES string of the molecule is CC(C)(C)c1ccc(OCCn2ccc(CC3CCCO3)cc2=O)cc1.O=C(O)c1ccco1. The first-order valence-corrected chi connectivity index (χ1v) is 11.5. The Morgan fingerprint density at radius 1 is 1.18 bits per heavy atom. The van der Waals surface area contributed by atoms with Crippen LogP contribution < -0.4 is 10.3 Å². The second-order valence-corrected chi connectivity index (χ2v) is 9.31. The topological polar surface area (TPSA) is 90.9 Å². The maximum atomic E-state index is 12.3. The van der Waals surface area contributed by atoms with Gasteiger partial charge in [0, 0.05) is 18.9 Å². The molecule has 1 unspecified atom stereocenters. The molecule has 0 bridgehead atoms. The summed E-state index contributed by atoms with van der Waals surface area (Å²) < 4.78 is 17.6. The van der Waals surface area contributed by atoms with Gasteiger partial charge in [-0.1, -0.05) is 32.9 Å². The molecule has 1 saturated heterocycles. The number of carboxylic acids is 1. The van der Waals surface area contributed by atoms with Crippen LogP contribution in [0, 0.1) is 0 Å². The van der Waals surface area contributed by atoms with Crippen LogP contribution in [0.3, 0.4) is 0 Å². The maximum absolute atomic E-state index is 12.3. The van der Waals surface area contributed by atoms with Crippen LogP contribution in [0.25, 0.3) is 0 Å². The minimum Gasteiger partial charge on any atom is -0.492 e. The summed E-state index contributed by atoms with van der Waals surface area (Å²) in [5.74, 6) is -0.221. The normalized spacial score (nSPS) is 15.4. The third-order valence-corrected chi connectivity index (χ3v) is 5.60. The van der Waals surface area contributed by atoms with Crippen LogP contribution >= 0.6 is 0 Å². The first-order chi connectivity index (χ1) is 16.2. The molecule has 1 atom stereocenters. The highest BCUT2D eigenvalue weighted by Crippen LogP contribution is 2.24. The van der Waals surface area contributed by atoms with Crippen LogP contribution in [0.15, 0.2) is 70.2 Å². The largest absolute Gasteiger partial charge is 0.492 e. The molecule has 34 heavy (non-hydrogen) atoms. The van der Waals surface area contributed by atoms with Crippen LogP contribution in [0.5, 0.6) is 5.75 Å². The molecule has 1 aromatic carbocycles. The van der Waals surface area contributed by atoms with E-state index >= 15 is 0 Å². The average Bonchev–Trinajstić information content (AvgIpc) is 3.50. The second-order valence-electron chi connectivity index (χ2n) is 9.31. The third-order valence-electron chi connectivity index (χ3n) is 5.60. The zero-order valence-corrected chi connectivity index (χ0v) is 20.0. The highest BCUT2D eigenvalue weighted by molar-refractivity contribution is 5.84. The Morgan fingerprint density at radius 3 is 2.47 bits per heavy atom. The maximum Gasteiger partial charge on any atom is 0.371 e. The Bertz CT molecular complexity index is 1090. The van der Waals surface area contributed by atoms with Crippen molar-refractivity contribution in [1.82, 2.24) is 4.57 Å². The van der Waals surface area contributed by atoms with Crippen molar-refractivity contribution >= 4 is 5.97 Å². The van der Waals surface area contributed by atoms with Gasteiger partial charge in [-0.3, -0.25) is 4.79 Å². The van der Waals surface area contributed by atoms with Crippen molar-refractivity contribution in [3.8, 4) is 5.75 Å². The predicted molar refractivity (Wildman–Crippen MR) is 130 cm³/mol. The number of rotatable bonds is 7. The van der Waals surface area contributed by atoms with Crippen molar-refractivity contribution in [2.45, 2.75) is 58.1 Å². The second kappa shape index (κ2) is 11.7. The van der Waals surface area contributed by atoms with E-state index in [2.05, 4.69) is 37.3 Å². The molecule has 1 fully saturated rings. The number of pyridine rings is 1. The minimum absolute atomic E-state index is 0.0205. The number of ether oxygens (including phenoxy) is 2. The van der Waals surface area contributed by atoms with E-state index in [1.54, 1.807) is 10.6 Å². The molecule has 0 amide bonds. The number of carboxylic acid groups (broad SMARTS) is 1. The summed E-state index contributed by atoms with van der Waals surface area (Å²) in [6.45, 7) is 8.43. The number of aromatic nitrogens is 1. The number of aromatic carboxylic acids is 1. The van der Waals surface area contributed by atoms with Crippen molar-refractivity contribution in [1.29, 1.82) is 0 Å². The molecule has 182 valence electrons. The molecule has 4 rings (SSSR count). The molecule has 0 aliphatic carbocycles. The van der Waals surface area contributed by atoms with Crippen molar-refractivity contribution in [3.05, 3.63) is 88.2 Å². The fourth-order valence-corrected chi connectivity index (χ4v) is 3.64. The molecule has 0 radical (unpaired) electrons. The average molecular weight is 468 g/mol. The number of nitrogens with zero attached hydrogens (tertiary/aromatic N) is 1. The van der Waals surface area contributed by atoms with E-state index in [9.17, 15) is 9.59 Å². The zero-order valence-electron chi connectivity index (χ0n) is 20.0. The van der Waals surface area contributed by atoms with Gasteiger partial charge in [-0.25, -0.2) is 4.79 Å². The zero-order chi connectivity index (χ0) is 24.6. The Hall–Kier alpha value is -3.32. The highest BCUT2D eigenvalue weighted by atomic mass is 16.5. The summed E-state index contributed by atoms with van der Waals surface area (Å²) in [4.78, 5) is 22.2. The van der Waals surface area contributed by atoms with Crippen molar-refractivity contribution in [2.24, 2.45) is 0 Å². The van der Waals surface area contributed by atoms with Gasteiger partial charge >= 0.3 is 5.97 Å². The standard InChI is InChI=1S/C22H29NO3.C5H4O3/c1-22(2,3)18-6-8-19(9-7-18)26-14-12-23-11-10-17(16-21(23)24)15-20-5-4-13-25-20;6-5(7)4-2-1-3-8-4/h6-11,16,20H,4-5,12-15H2,1-3H3;1-3H,(H,6,7). The van der Waals surface area contributed by atoms with Gasteiger partial charge in [0.2, 0.25) is 5.76 Å². The fraction of sp³-hybridized carbons (Fsp3) is 0.407. The van der Waals surface area contributed by atoms with Crippen molar-refractivity contribution in [2.75, 3.05) is 13.2 Å². The lowest BCUT2D eigenvalue weighted by atomic mass is 9.87. The molecule has 3 heterocycles. The lowest BCUT2D eigenvalue weighted by Gasteiger charge is -2.19. The molecule has 0 spiro atoms. The molecule has 1 aliphatic heterocycles. The lowest BCUT2D eigenvalue weighted by molar-refractivity contribution is 0.0662. The molecular formula is C27H33NO6. The van der Waals surface area contributed by atoms with E-state index in [0.29, 0.717) is 13.2 Å². The van der Waals surface area contributed by atoms with Crippen LogP contribution in [0.4, 0.5) is 0 Å². The van der Waals surface area contributed by atoms with E-state index in [1.165, 1.54) is 24.0 Å². The summed E-state index contributed by atoms with van der Waals surface area (Å²) >= 11 is 0. The van der Waals surface area contributed by atoms with Crippen LogP contribution in [0.2, 0.25) is 0 Å². The molecule has 0 saturated carbocycles. The molecular weight excluding hydrogens is 434 g/mol. The summed E-state index contributed by atoms with van der Waals surface area (Å²) in [5.41, 5.74) is 2.49. The van der Waals surface area contributed by atoms with Gasteiger partial charge in [0.25, 0.3) is 5.56 Å². The Labute approximate surface area is 199 Å². The van der Waals surface area contributed by atoms with E-state index in [-0.39, 0.29) is 22.8 Å². The van der Waals surface area contributed by atoms with E-state index in [1.807, 2.05) is 24.4 Å². The van der Waals surface area contributed by atoms with Crippen molar-refractivity contribution in [3.63, 3.8) is 0 Å². The van der Waals surface area contributed by atoms with E-state index in [4.69, 9.17) is 14.6 Å². The molecule has 7 nitrogen and oxygen atoms in total. The summed E-state index contributed by atoms with van der Waals surface area (Å²) in [6.07, 6.45) is 6.49. The van der Waals surface area contributed by atoms with Crippen molar-refractivity contribution < 1.29 is 23.8 Å². The number of furan rings is 1. The smallest absolute Gasteiger partial charge is 0.371 e. The Balaban J connectivity index is 0.000000343. The van der Waals surface area contributed by atoms with Gasteiger partial charge < -0.3 is 23.6 Å². The van der Waals surface area contributed by atoms with E-state index < -0.39 is 5.97 Å². The van der Waals surface area contributed by atoms with Crippen LogP contribution in [-0.4, -0.2) is 35.0 Å². The van der Waals surface area contributed by atoms with Crippen LogP contribution in [-0.2, 0) is 23.1 Å². The fourth-order valence-electron chi connectivity index (χ4n) is 3.64. The highest BCUT2D eigenvalue weighted by Gasteiger charge is 2.16. The predicted octanol–water partition coefficient (Wildman–Crippen LogP) is 4.92. The first kappa shape index (κ1) is 25.3. The number of benzene rings is 1. The van der Waals surface area contributed by atoms with Gasteiger partial charge in [0.05, 0.1) is 18.9 Å². The van der Waals surface area contributed by atoms with Gasteiger partial charge in [-0.15, -0.1) is 0 Å². The summed E-state index contributed by atoms with van der Waals surface area (Å²) in [6, 6.07) is 14.8. The Morgan fingerprint density at radius 2 is 1.94 bits per heavy atom. The van der Waals surface area contributed by atoms with Gasteiger partial charge in [0.15, 0.2) is 0 Å². The molecule has 3 aromatic rings. The monoisotopic (exact) mass is 467 g/mol. The number of carbonyl (C=O) groups is 1. The first-order valence-electron chi connectivity index (χ1n) is 11.5. The van der Waals surface area contributed by atoms with Gasteiger partial charge in [-0.05, 0) is 66.1 Å². The minimum atomic E-state index is -1.03. The van der Waals surface area contributed by atoms with Gasteiger partial charge in [0.1, 0.15) is 12.4 Å².